The lowest BCUT2D eigenvalue weighted by atomic mass is 10.2. The summed E-state index contributed by atoms with van der Waals surface area (Å²) < 4.78 is 7.95. The molecule has 0 saturated carbocycles. The fraction of sp³-hybridized carbons (Fsp3) is 0.0455. The molecule has 0 unspecified atom stereocenters. The van der Waals surface area contributed by atoms with Gasteiger partial charge < -0.3 is 14.4 Å². The Morgan fingerprint density at radius 3 is 2.79 bits per heavy atom. The highest BCUT2D eigenvalue weighted by molar-refractivity contribution is 5.84. The van der Waals surface area contributed by atoms with Gasteiger partial charge in [-0.3, -0.25) is 4.98 Å². The van der Waals surface area contributed by atoms with Crippen LogP contribution in [0.2, 0.25) is 0 Å². The Balaban J connectivity index is 1.52. The number of benzene rings is 2. The van der Waals surface area contributed by atoms with Gasteiger partial charge in [-0.25, -0.2) is 0 Å². The first-order valence-corrected chi connectivity index (χ1v) is 8.85. The Bertz CT molecular complexity index is 1330. The van der Waals surface area contributed by atoms with Crippen LogP contribution in [0.3, 0.4) is 0 Å². The van der Waals surface area contributed by atoms with Gasteiger partial charge in [0.05, 0.1) is 22.6 Å². The number of para-hydroxylation sites is 1. The van der Waals surface area contributed by atoms with Crippen molar-refractivity contribution in [3.05, 3.63) is 78.8 Å². The van der Waals surface area contributed by atoms with E-state index in [1.165, 1.54) is 5.56 Å². The Morgan fingerprint density at radius 2 is 1.89 bits per heavy atom. The van der Waals surface area contributed by atoms with Gasteiger partial charge >= 0.3 is 6.01 Å². The number of hydrogen-bond acceptors (Lipinski definition) is 5. The number of fused-ring (bicyclic) bond motifs is 2. The van der Waals surface area contributed by atoms with Gasteiger partial charge in [0.1, 0.15) is 5.75 Å². The zero-order valence-electron chi connectivity index (χ0n) is 15.1. The molecule has 0 fully saturated rings. The van der Waals surface area contributed by atoms with Crippen molar-refractivity contribution in [1.82, 2.24) is 19.5 Å². The van der Waals surface area contributed by atoms with Gasteiger partial charge in [0, 0.05) is 23.5 Å². The summed E-state index contributed by atoms with van der Waals surface area (Å²) in [7, 11) is 0. The highest BCUT2D eigenvalue weighted by Gasteiger charge is 2.10. The van der Waals surface area contributed by atoms with Crippen molar-refractivity contribution in [2.24, 2.45) is 0 Å². The Kier molecular flexibility index (Phi) is 3.69. The average molecular weight is 368 g/mol. The molecule has 0 aliphatic heterocycles. The van der Waals surface area contributed by atoms with Crippen LogP contribution in [0.5, 0.6) is 17.6 Å². The number of nitrogens with zero attached hydrogens (tertiary/aromatic N) is 4. The summed E-state index contributed by atoms with van der Waals surface area (Å²) in [4.78, 5) is 12.4. The van der Waals surface area contributed by atoms with E-state index in [4.69, 9.17) is 4.74 Å². The molecule has 5 aromatic rings. The number of pyridine rings is 1. The molecule has 3 aromatic heterocycles. The normalized spacial score (nSPS) is 11.2. The van der Waals surface area contributed by atoms with Crippen LogP contribution in [0, 0.1) is 6.92 Å². The molecule has 0 saturated heterocycles. The summed E-state index contributed by atoms with van der Waals surface area (Å²) in [5.41, 5.74) is 3.94. The standard InChI is InChI=1S/C22H16N4O2/c1-14-4-2-3-5-19(14)26-11-9-15-12-16(6-7-20(15)26)28-22-24-18-13-23-10-8-17(18)21(27)25-22/h2-13H,1H3,(H,24,25,27). The van der Waals surface area contributed by atoms with E-state index >= 15 is 0 Å². The maximum absolute atomic E-state index is 10.1. The maximum Gasteiger partial charge on any atom is 0.325 e. The molecule has 0 radical (unpaired) electrons. The third-order valence-corrected chi connectivity index (χ3v) is 4.70. The molecule has 0 bridgehead atoms. The fourth-order valence-corrected chi connectivity index (χ4v) is 3.32. The number of aromatic hydroxyl groups is 1. The summed E-state index contributed by atoms with van der Waals surface area (Å²) in [5, 5.41) is 11.7. The first-order valence-electron chi connectivity index (χ1n) is 8.85. The van der Waals surface area contributed by atoms with Crippen molar-refractivity contribution in [3.63, 3.8) is 0 Å². The summed E-state index contributed by atoms with van der Waals surface area (Å²) in [6.07, 6.45) is 5.19. The van der Waals surface area contributed by atoms with Crippen LogP contribution in [0.25, 0.3) is 27.5 Å². The van der Waals surface area contributed by atoms with E-state index in [1.807, 2.05) is 42.6 Å². The van der Waals surface area contributed by atoms with Crippen LogP contribution in [0.1, 0.15) is 5.56 Å². The van der Waals surface area contributed by atoms with Gasteiger partial charge in [0.25, 0.3) is 0 Å². The molecule has 0 atom stereocenters. The van der Waals surface area contributed by atoms with Crippen LogP contribution < -0.4 is 4.74 Å². The van der Waals surface area contributed by atoms with Crippen LogP contribution in [0.15, 0.2) is 73.2 Å². The van der Waals surface area contributed by atoms with E-state index in [0.717, 1.165) is 16.6 Å². The lowest BCUT2D eigenvalue weighted by Crippen LogP contribution is -1.95. The SMILES string of the molecule is Cc1ccccc1-n1ccc2cc(Oc3nc(O)c4ccncc4n3)ccc21. The second-order valence-electron chi connectivity index (χ2n) is 6.52. The summed E-state index contributed by atoms with van der Waals surface area (Å²) in [5.74, 6) is 0.465. The highest BCUT2D eigenvalue weighted by atomic mass is 16.5. The van der Waals surface area contributed by atoms with Crippen LogP contribution in [-0.2, 0) is 0 Å². The Hall–Kier alpha value is -3.93. The van der Waals surface area contributed by atoms with E-state index in [1.54, 1.807) is 18.5 Å². The van der Waals surface area contributed by atoms with Crippen molar-refractivity contribution in [1.29, 1.82) is 0 Å². The topological polar surface area (TPSA) is 73.1 Å². The predicted molar refractivity (Wildman–Crippen MR) is 107 cm³/mol. The molecular weight excluding hydrogens is 352 g/mol. The highest BCUT2D eigenvalue weighted by Crippen LogP contribution is 2.29. The van der Waals surface area contributed by atoms with Gasteiger partial charge in [-0.2, -0.15) is 9.97 Å². The van der Waals surface area contributed by atoms with Gasteiger partial charge in [0.2, 0.25) is 5.88 Å². The van der Waals surface area contributed by atoms with Gasteiger partial charge in [-0.15, -0.1) is 0 Å². The van der Waals surface area contributed by atoms with Crippen molar-refractivity contribution in [3.8, 4) is 23.3 Å². The van der Waals surface area contributed by atoms with Crippen LogP contribution in [0.4, 0.5) is 0 Å². The molecule has 0 aliphatic rings. The zero-order chi connectivity index (χ0) is 19.1. The quantitative estimate of drug-likeness (QED) is 0.496. The molecule has 2 aromatic carbocycles. The van der Waals surface area contributed by atoms with E-state index in [9.17, 15) is 5.11 Å². The van der Waals surface area contributed by atoms with Crippen molar-refractivity contribution >= 4 is 21.8 Å². The van der Waals surface area contributed by atoms with Gasteiger partial charge in [-0.1, -0.05) is 18.2 Å². The van der Waals surface area contributed by atoms with E-state index < -0.39 is 0 Å². The molecule has 5 rings (SSSR count). The Morgan fingerprint density at radius 1 is 1.00 bits per heavy atom. The molecule has 6 heteroatoms. The molecule has 28 heavy (non-hydrogen) atoms. The third kappa shape index (κ3) is 2.72. The Labute approximate surface area is 160 Å². The first kappa shape index (κ1) is 16.3. The summed E-state index contributed by atoms with van der Waals surface area (Å²) in [6.45, 7) is 2.09. The minimum absolute atomic E-state index is 0.0793. The minimum atomic E-state index is -0.130. The molecular formula is C22H16N4O2. The average Bonchev–Trinajstić information content (AvgIpc) is 3.11. The molecule has 136 valence electrons. The lowest BCUT2D eigenvalue weighted by Gasteiger charge is -2.10. The second kappa shape index (κ2) is 6.35. The number of rotatable bonds is 3. The molecule has 3 heterocycles. The van der Waals surface area contributed by atoms with E-state index in [-0.39, 0.29) is 11.9 Å². The zero-order valence-corrected chi connectivity index (χ0v) is 15.1. The number of ether oxygens (including phenoxy) is 1. The van der Waals surface area contributed by atoms with Crippen molar-refractivity contribution in [2.45, 2.75) is 6.92 Å². The summed E-state index contributed by atoms with van der Waals surface area (Å²) >= 11 is 0. The fourth-order valence-electron chi connectivity index (χ4n) is 3.32. The van der Waals surface area contributed by atoms with E-state index in [2.05, 4.69) is 38.6 Å². The minimum Gasteiger partial charge on any atom is -0.493 e. The number of hydrogen-bond donors (Lipinski definition) is 1. The van der Waals surface area contributed by atoms with Gasteiger partial charge in [0.15, 0.2) is 0 Å². The molecule has 0 aliphatic carbocycles. The van der Waals surface area contributed by atoms with Crippen LogP contribution in [-0.4, -0.2) is 24.6 Å². The largest absolute Gasteiger partial charge is 0.493 e. The smallest absolute Gasteiger partial charge is 0.325 e. The van der Waals surface area contributed by atoms with Crippen molar-refractivity contribution < 1.29 is 9.84 Å². The summed E-state index contributed by atoms with van der Waals surface area (Å²) in [6, 6.07) is 17.8. The first-order chi connectivity index (χ1) is 13.7. The van der Waals surface area contributed by atoms with Gasteiger partial charge in [-0.05, 0) is 48.9 Å². The third-order valence-electron chi connectivity index (χ3n) is 4.70. The van der Waals surface area contributed by atoms with E-state index in [0.29, 0.717) is 16.7 Å². The molecule has 6 nitrogen and oxygen atoms in total. The van der Waals surface area contributed by atoms with Crippen molar-refractivity contribution in [2.75, 3.05) is 0 Å². The molecule has 0 amide bonds. The monoisotopic (exact) mass is 368 g/mol. The molecule has 0 spiro atoms. The second-order valence-corrected chi connectivity index (χ2v) is 6.52. The predicted octanol–water partition coefficient (Wildman–Crippen LogP) is 4.78. The number of aryl methyl sites for hydroxylation is 1. The maximum atomic E-state index is 10.1. The lowest BCUT2D eigenvalue weighted by molar-refractivity contribution is 0.412. The number of aromatic nitrogens is 4. The molecule has 1 N–H and O–H groups in total. The van der Waals surface area contributed by atoms with Crippen LogP contribution >= 0.6 is 0 Å².